The van der Waals surface area contributed by atoms with Gasteiger partial charge in [0.25, 0.3) is 0 Å². The normalized spacial score (nSPS) is 12.7. The third-order valence-corrected chi connectivity index (χ3v) is 5.27. The molecule has 130 valence electrons. The summed E-state index contributed by atoms with van der Waals surface area (Å²) in [6.45, 7) is 3.69. The van der Waals surface area contributed by atoms with Gasteiger partial charge in [-0.25, -0.2) is 13.1 Å². The van der Waals surface area contributed by atoms with Crippen LogP contribution in [0, 0.1) is 6.92 Å². The molecular weight excluding hydrogens is 326 g/mol. The van der Waals surface area contributed by atoms with Gasteiger partial charge in [-0.2, -0.15) is 0 Å². The molecule has 0 aliphatic carbocycles. The number of benzene rings is 2. The summed E-state index contributed by atoms with van der Waals surface area (Å²) in [5.41, 5.74) is 2.47. The van der Waals surface area contributed by atoms with Crippen molar-refractivity contribution < 1.29 is 17.9 Å². The van der Waals surface area contributed by atoms with E-state index in [2.05, 4.69) is 4.72 Å². The van der Waals surface area contributed by atoms with E-state index in [9.17, 15) is 8.42 Å². The fourth-order valence-corrected chi connectivity index (χ4v) is 4.01. The standard InChI is InChI=1S/C18H23NO4S/c1-13-7-5-6-8-15(13)12-24(20,21)19-14(2)17-11-16(22-3)9-10-18(17)23-4/h5-11,14,19H,12H2,1-4H3/t14-/m1/s1. The molecule has 0 unspecified atom stereocenters. The summed E-state index contributed by atoms with van der Waals surface area (Å²) in [6, 6.07) is 12.3. The first kappa shape index (κ1) is 18.3. The second-order valence-electron chi connectivity index (χ2n) is 5.63. The van der Waals surface area contributed by atoms with E-state index in [-0.39, 0.29) is 5.75 Å². The lowest BCUT2D eigenvalue weighted by Gasteiger charge is -2.18. The van der Waals surface area contributed by atoms with E-state index in [0.717, 1.165) is 16.7 Å². The fraction of sp³-hybridized carbons (Fsp3) is 0.333. The van der Waals surface area contributed by atoms with Gasteiger partial charge in [0.1, 0.15) is 11.5 Å². The Balaban J connectivity index is 2.22. The number of ether oxygens (including phenoxy) is 2. The van der Waals surface area contributed by atoms with Crippen molar-refractivity contribution in [3.05, 3.63) is 59.2 Å². The van der Waals surface area contributed by atoms with Crippen LogP contribution in [-0.4, -0.2) is 22.6 Å². The predicted octanol–water partition coefficient (Wildman–Crippen LogP) is 3.19. The summed E-state index contributed by atoms with van der Waals surface area (Å²) < 4.78 is 38.3. The van der Waals surface area contributed by atoms with E-state index in [1.165, 1.54) is 0 Å². The highest BCUT2D eigenvalue weighted by Gasteiger charge is 2.20. The topological polar surface area (TPSA) is 64.6 Å². The van der Waals surface area contributed by atoms with Gasteiger partial charge in [0, 0.05) is 11.6 Å². The molecule has 0 radical (unpaired) electrons. The zero-order chi connectivity index (χ0) is 17.7. The van der Waals surface area contributed by atoms with Crippen LogP contribution in [0.5, 0.6) is 11.5 Å². The van der Waals surface area contributed by atoms with Gasteiger partial charge in [0.05, 0.1) is 20.0 Å². The van der Waals surface area contributed by atoms with Gasteiger partial charge < -0.3 is 9.47 Å². The number of methoxy groups -OCH3 is 2. The van der Waals surface area contributed by atoms with Crippen LogP contribution in [0.1, 0.15) is 29.7 Å². The molecule has 5 nitrogen and oxygen atoms in total. The van der Waals surface area contributed by atoms with Crippen LogP contribution >= 0.6 is 0 Å². The first-order valence-electron chi connectivity index (χ1n) is 7.62. The van der Waals surface area contributed by atoms with Crippen LogP contribution < -0.4 is 14.2 Å². The lowest BCUT2D eigenvalue weighted by molar-refractivity contribution is 0.395. The molecule has 6 heteroatoms. The molecule has 1 N–H and O–H groups in total. The summed E-state index contributed by atoms with van der Waals surface area (Å²) in [5, 5.41) is 0. The first-order chi connectivity index (χ1) is 11.4. The fourth-order valence-electron chi connectivity index (χ4n) is 2.53. The van der Waals surface area contributed by atoms with E-state index in [1.807, 2.05) is 31.2 Å². The van der Waals surface area contributed by atoms with Crippen molar-refractivity contribution in [3.63, 3.8) is 0 Å². The highest BCUT2D eigenvalue weighted by Crippen LogP contribution is 2.29. The van der Waals surface area contributed by atoms with Crippen molar-refractivity contribution in [2.75, 3.05) is 14.2 Å². The average Bonchev–Trinajstić information content (AvgIpc) is 2.55. The minimum Gasteiger partial charge on any atom is -0.497 e. The minimum absolute atomic E-state index is 0.0592. The van der Waals surface area contributed by atoms with E-state index in [0.29, 0.717) is 11.5 Å². The maximum absolute atomic E-state index is 12.5. The molecule has 1 atom stereocenters. The third-order valence-electron chi connectivity index (χ3n) is 3.87. The monoisotopic (exact) mass is 349 g/mol. The summed E-state index contributed by atoms with van der Waals surface area (Å²) in [7, 11) is -0.372. The van der Waals surface area contributed by atoms with E-state index < -0.39 is 16.1 Å². The Bertz CT molecular complexity index is 802. The molecule has 0 saturated carbocycles. The minimum atomic E-state index is -3.50. The average molecular weight is 349 g/mol. The molecule has 0 saturated heterocycles. The Hall–Kier alpha value is -2.05. The molecule has 0 heterocycles. The van der Waals surface area contributed by atoms with Gasteiger partial charge in [-0.05, 0) is 43.2 Å². The van der Waals surface area contributed by atoms with E-state index in [4.69, 9.17) is 9.47 Å². The molecular formula is C18H23NO4S. The summed E-state index contributed by atoms with van der Waals surface area (Å²) in [6.07, 6.45) is 0. The zero-order valence-electron chi connectivity index (χ0n) is 14.4. The quantitative estimate of drug-likeness (QED) is 0.834. The van der Waals surface area contributed by atoms with Gasteiger partial charge in [-0.3, -0.25) is 0 Å². The van der Waals surface area contributed by atoms with Crippen molar-refractivity contribution in [2.24, 2.45) is 0 Å². The van der Waals surface area contributed by atoms with Crippen molar-refractivity contribution in [1.29, 1.82) is 0 Å². The SMILES string of the molecule is COc1ccc(OC)c([C@@H](C)NS(=O)(=O)Cc2ccccc2C)c1. The van der Waals surface area contributed by atoms with Gasteiger partial charge >= 0.3 is 0 Å². The zero-order valence-corrected chi connectivity index (χ0v) is 15.2. The maximum atomic E-state index is 12.5. The second kappa shape index (κ2) is 7.68. The Kier molecular flexibility index (Phi) is 5.85. The van der Waals surface area contributed by atoms with Gasteiger partial charge in [-0.1, -0.05) is 24.3 Å². The van der Waals surface area contributed by atoms with Crippen molar-refractivity contribution in [2.45, 2.75) is 25.6 Å². The Morgan fingerprint density at radius 3 is 2.42 bits per heavy atom. The predicted molar refractivity (Wildman–Crippen MR) is 94.9 cm³/mol. The molecule has 0 aliphatic heterocycles. The smallest absolute Gasteiger partial charge is 0.216 e. The van der Waals surface area contributed by atoms with Crippen LogP contribution in [-0.2, 0) is 15.8 Å². The first-order valence-corrected chi connectivity index (χ1v) is 9.28. The number of hydrogen-bond donors (Lipinski definition) is 1. The molecule has 0 aliphatic rings. The molecule has 0 aromatic heterocycles. The second-order valence-corrected chi connectivity index (χ2v) is 7.39. The number of sulfonamides is 1. The molecule has 24 heavy (non-hydrogen) atoms. The molecule has 2 aromatic rings. The molecule has 0 spiro atoms. The largest absolute Gasteiger partial charge is 0.497 e. The Labute approximate surface area is 143 Å². The van der Waals surface area contributed by atoms with Gasteiger partial charge in [0.2, 0.25) is 10.0 Å². The highest BCUT2D eigenvalue weighted by atomic mass is 32.2. The van der Waals surface area contributed by atoms with Crippen LogP contribution in [0.4, 0.5) is 0 Å². The lowest BCUT2D eigenvalue weighted by Crippen LogP contribution is -2.28. The number of rotatable bonds is 7. The molecule has 2 rings (SSSR count). The molecule has 0 bridgehead atoms. The van der Waals surface area contributed by atoms with Crippen molar-refractivity contribution in [1.82, 2.24) is 4.72 Å². The van der Waals surface area contributed by atoms with Crippen molar-refractivity contribution in [3.8, 4) is 11.5 Å². The number of nitrogens with one attached hydrogen (secondary N) is 1. The van der Waals surface area contributed by atoms with Crippen LogP contribution in [0.25, 0.3) is 0 Å². The van der Waals surface area contributed by atoms with Crippen LogP contribution in [0.3, 0.4) is 0 Å². The molecule has 0 amide bonds. The Morgan fingerprint density at radius 2 is 1.79 bits per heavy atom. The summed E-state index contributed by atoms with van der Waals surface area (Å²) in [5.74, 6) is 1.20. The van der Waals surface area contributed by atoms with Crippen LogP contribution in [0.2, 0.25) is 0 Å². The van der Waals surface area contributed by atoms with E-state index in [1.54, 1.807) is 39.3 Å². The Morgan fingerprint density at radius 1 is 1.08 bits per heavy atom. The van der Waals surface area contributed by atoms with Gasteiger partial charge in [0.15, 0.2) is 0 Å². The molecule has 0 fully saturated rings. The summed E-state index contributed by atoms with van der Waals surface area (Å²) in [4.78, 5) is 0. The van der Waals surface area contributed by atoms with Gasteiger partial charge in [-0.15, -0.1) is 0 Å². The van der Waals surface area contributed by atoms with Crippen molar-refractivity contribution >= 4 is 10.0 Å². The number of aryl methyl sites for hydroxylation is 1. The lowest BCUT2D eigenvalue weighted by atomic mass is 10.1. The summed E-state index contributed by atoms with van der Waals surface area (Å²) >= 11 is 0. The number of hydrogen-bond acceptors (Lipinski definition) is 4. The molecule has 2 aromatic carbocycles. The highest BCUT2D eigenvalue weighted by molar-refractivity contribution is 7.88. The van der Waals surface area contributed by atoms with Crippen LogP contribution in [0.15, 0.2) is 42.5 Å². The van der Waals surface area contributed by atoms with E-state index >= 15 is 0 Å². The third kappa shape index (κ3) is 4.49. The maximum Gasteiger partial charge on any atom is 0.216 e.